The Balaban J connectivity index is 1.67. The minimum atomic E-state index is -0.796. The van der Waals surface area contributed by atoms with Crippen LogP contribution in [0.4, 0.5) is 5.69 Å². The fraction of sp³-hybridized carbons (Fsp3) is 0.143. The Morgan fingerprint density at radius 3 is 2.71 bits per heavy atom. The molecule has 7 heteroatoms. The lowest BCUT2D eigenvalue weighted by atomic mass is 9.96. The van der Waals surface area contributed by atoms with Gasteiger partial charge in [0, 0.05) is 11.9 Å². The van der Waals surface area contributed by atoms with Gasteiger partial charge in [0.05, 0.1) is 22.6 Å². The van der Waals surface area contributed by atoms with E-state index in [-0.39, 0.29) is 5.91 Å². The minimum absolute atomic E-state index is 0.252. The number of anilines is 1. The molecule has 140 valence electrons. The van der Waals surface area contributed by atoms with E-state index < -0.39 is 5.54 Å². The van der Waals surface area contributed by atoms with E-state index in [1.165, 1.54) is 11.3 Å². The van der Waals surface area contributed by atoms with Gasteiger partial charge >= 0.3 is 0 Å². The summed E-state index contributed by atoms with van der Waals surface area (Å²) < 4.78 is 0. The summed E-state index contributed by atoms with van der Waals surface area (Å²) >= 11 is 7.52. The summed E-state index contributed by atoms with van der Waals surface area (Å²) in [5, 5.41) is 4.08. The number of aliphatic imine (C=N–C) groups is 1. The summed E-state index contributed by atoms with van der Waals surface area (Å²) in [5.74, 6) is -0.252. The van der Waals surface area contributed by atoms with Gasteiger partial charge < -0.3 is 5.32 Å². The maximum atomic E-state index is 12.8. The molecule has 0 fully saturated rings. The molecule has 0 saturated carbocycles. The normalized spacial score (nSPS) is 17.8. The molecular formula is C21H17ClN4OS. The molecule has 0 spiro atoms. The van der Waals surface area contributed by atoms with E-state index in [4.69, 9.17) is 11.6 Å². The molecule has 2 aromatic heterocycles. The maximum Gasteiger partial charge on any atom is 0.267 e. The van der Waals surface area contributed by atoms with Crippen molar-refractivity contribution in [1.82, 2.24) is 9.97 Å². The highest BCUT2D eigenvalue weighted by Gasteiger charge is 2.37. The molecule has 1 aromatic carbocycles. The quantitative estimate of drug-likeness (QED) is 0.664. The van der Waals surface area contributed by atoms with Gasteiger partial charge in [0.25, 0.3) is 5.91 Å². The first-order valence-corrected chi connectivity index (χ1v) is 9.89. The minimum Gasteiger partial charge on any atom is -0.320 e. The van der Waals surface area contributed by atoms with Crippen molar-refractivity contribution in [1.29, 1.82) is 0 Å². The van der Waals surface area contributed by atoms with E-state index >= 15 is 0 Å². The van der Waals surface area contributed by atoms with E-state index in [2.05, 4.69) is 20.3 Å². The number of nitrogens with zero attached hydrogens (tertiary/aromatic N) is 3. The van der Waals surface area contributed by atoms with Crippen LogP contribution in [-0.2, 0) is 5.54 Å². The highest BCUT2D eigenvalue weighted by Crippen LogP contribution is 2.39. The standard InChI is InChI=1S/C21H17ClN4OS/c1-13-6-3-8-15(22)18(13)26-19(27)16-12-23-20(28-16)21(10-5-11-24-21)17-9-4-7-14(2)25-17/h3-12H,1-2H3,(H,26,27). The average Bonchev–Trinajstić information content (AvgIpc) is 3.35. The number of carbonyl (C=O) groups excluding carboxylic acids is 1. The first-order valence-electron chi connectivity index (χ1n) is 8.69. The molecule has 1 unspecified atom stereocenters. The number of aromatic nitrogens is 2. The second-order valence-electron chi connectivity index (χ2n) is 6.48. The van der Waals surface area contributed by atoms with Gasteiger partial charge in [-0.1, -0.05) is 29.8 Å². The second kappa shape index (κ2) is 7.30. The van der Waals surface area contributed by atoms with Gasteiger partial charge in [0.2, 0.25) is 0 Å². The van der Waals surface area contributed by atoms with Crippen molar-refractivity contribution < 1.29 is 4.79 Å². The first-order chi connectivity index (χ1) is 13.5. The van der Waals surface area contributed by atoms with Crippen LogP contribution in [0.25, 0.3) is 0 Å². The number of allylic oxidation sites excluding steroid dienone is 1. The Hall–Kier alpha value is -2.83. The number of pyridine rings is 1. The number of halogens is 1. The Morgan fingerprint density at radius 1 is 1.18 bits per heavy atom. The van der Waals surface area contributed by atoms with Gasteiger partial charge in [-0.15, -0.1) is 11.3 Å². The molecule has 1 amide bonds. The topological polar surface area (TPSA) is 67.2 Å². The number of carbonyl (C=O) groups is 1. The molecule has 1 aliphatic rings. The van der Waals surface area contributed by atoms with E-state index in [0.717, 1.165) is 17.0 Å². The average molecular weight is 409 g/mol. The first kappa shape index (κ1) is 18.5. The smallest absolute Gasteiger partial charge is 0.267 e. The van der Waals surface area contributed by atoms with Crippen molar-refractivity contribution >= 4 is 40.7 Å². The van der Waals surface area contributed by atoms with Crippen molar-refractivity contribution in [3.63, 3.8) is 0 Å². The highest BCUT2D eigenvalue weighted by atomic mass is 35.5. The summed E-state index contributed by atoms with van der Waals surface area (Å²) in [5.41, 5.74) is 2.39. The summed E-state index contributed by atoms with van der Waals surface area (Å²) in [6.07, 6.45) is 7.13. The zero-order chi connectivity index (χ0) is 19.7. The van der Waals surface area contributed by atoms with E-state index in [9.17, 15) is 4.79 Å². The van der Waals surface area contributed by atoms with Crippen LogP contribution in [0.1, 0.15) is 31.6 Å². The van der Waals surface area contributed by atoms with Crippen LogP contribution in [0.2, 0.25) is 5.02 Å². The molecule has 3 heterocycles. The van der Waals surface area contributed by atoms with Crippen LogP contribution in [0.5, 0.6) is 0 Å². The zero-order valence-electron chi connectivity index (χ0n) is 15.3. The molecule has 0 bridgehead atoms. The van der Waals surface area contributed by atoms with Crippen LogP contribution in [0.3, 0.4) is 0 Å². The fourth-order valence-corrected chi connectivity index (χ4v) is 4.26. The van der Waals surface area contributed by atoms with E-state index in [1.54, 1.807) is 18.5 Å². The van der Waals surface area contributed by atoms with Crippen LogP contribution >= 0.6 is 22.9 Å². The number of nitrogens with one attached hydrogen (secondary N) is 1. The number of aryl methyl sites for hydroxylation is 2. The molecule has 1 atom stereocenters. The molecule has 28 heavy (non-hydrogen) atoms. The van der Waals surface area contributed by atoms with Gasteiger partial charge in [0.1, 0.15) is 9.88 Å². The maximum absolute atomic E-state index is 12.8. The van der Waals surface area contributed by atoms with Crippen molar-refractivity contribution in [3.8, 4) is 0 Å². The third kappa shape index (κ3) is 3.25. The third-order valence-corrected chi connectivity index (χ3v) is 5.93. The summed E-state index contributed by atoms with van der Waals surface area (Å²) in [6.45, 7) is 3.84. The number of rotatable bonds is 4. The summed E-state index contributed by atoms with van der Waals surface area (Å²) in [7, 11) is 0. The molecule has 0 aliphatic carbocycles. The van der Waals surface area contributed by atoms with Gasteiger partial charge in [-0.3, -0.25) is 14.8 Å². The van der Waals surface area contributed by atoms with Crippen LogP contribution in [0, 0.1) is 13.8 Å². The zero-order valence-corrected chi connectivity index (χ0v) is 16.9. The van der Waals surface area contributed by atoms with Gasteiger partial charge in [-0.25, -0.2) is 4.98 Å². The predicted octanol–water partition coefficient (Wildman–Crippen LogP) is 4.94. The third-order valence-electron chi connectivity index (χ3n) is 4.50. The monoisotopic (exact) mass is 408 g/mol. The van der Waals surface area contributed by atoms with E-state index in [1.807, 2.05) is 56.3 Å². The molecule has 4 rings (SSSR count). The number of benzene rings is 1. The molecule has 3 aromatic rings. The molecule has 1 aliphatic heterocycles. The van der Waals surface area contributed by atoms with E-state index in [0.29, 0.717) is 20.6 Å². The van der Waals surface area contributed by atoms with Crippen LogP contribution in [-0.4, -0.2) is 22.1 Å². The lowest BCUT2D eigenvalue weighted by molar-refractivity contribution is 0.103. The van der Waals surface area contributed by atoms with Crippen LogP contribution in [0.15, 0.2) is 59.7 Å². The summed E-state index contributed by atoms with van der Waals surface area (Å²) in [4.78, 5) is 27.0. The summed E-state index contributed by atoms with van der Waals surface area (Å²) in [6, 6.07) is 11.3. The van der Waals surface area contributed by atoms with Gasteiger partial charge in [0.15, 0.2) is 5.54 Å². The van der Waals surface area contributed by atoms with Crippen molar-refractivity contribution in [2.24, 2.45) is 4.99 Å². The van der Waals surface area contributed by atoms with Gasteiger partial charge in [-0.2, -0.15) is 0 Å². The second-order valence-corrected chi connectivity index (χ2v) is 7.92. The Morgan fingerprint density at radius 2 is 2.00 bits per heavy atom. The molecule has 0 saturated heterocycles. The lowest BCUT2D eigenvalue weighted by Crippen LogP contribution is -2.22. The fourth-order valence-electron chi connectivity index (χ4n) is 3.05. The SMILES string of the molecule is Cc1cccc(C2(c3ncc(C(=O)Nc4c(C)cccc4Cl)s3)C=CC=N2)n1. The number of amides is 1. The van der Waals surface area contributed by atoms with Crippen molar-refractivity contribution in [2.45, 2.75) is 19.4 Å². The molecular weight excluding hydrogens is 392 g/mol. The number of para-hydroxylation sites is 1. The molecule has 0 radical (unpaired) electrons. The lowest BCUT2D eigenvalue weighted by Gasteiger charge is -2.21. The van der Waals surface area contributed by atoms with Crippen molar-refractivity contribution in [2.75, 3.05) is 5.32 Å². The largest absolute Gasteiger partial charge is 0.320 e. The predicted molar refractivity (Wildman–Crippen MR) is 114 cm³/mol. The Labute approximate surface area is 171 Å². The highest BCUT2D eigenvalue weighted by molar-refractivity contribution is 7.14. The van der Waals surface area contributed by atoms with Gasteiger partial charge in [-0.05, 0) is 49.8 Å². The van der Waals surface area contributed by atoms with Crippen LogP contribution < -0.4 is 5.32 Å². The Kier molecular flexibility index (Phi) is 4.83. The number of hydrogen-bond donors (Lipinski definition) is 1. The molecule has 5 nitrogen and oxygen atoms in total. The number of hydrogen-bond acceptors (Lipinski definition) is 5. The van der Waals surface area contributed by atoms with Crippen molar-refractivity contribution in [3.05, 3.63) is 86.6 Å². The number of thiazole rings is 1. The Bertz CT molecular complexity index is 1090. The molecule has 1 N–H and O–H groups in total.